The highest BCUT2D eigenvalue weighted by Gasteiger charge is 2.36. The number of nitrogens with zero attached hydrogens (tertiary/aromatic N) is 2. The molecule has 3 amide bonds. The number of hydrogen-bond acceptors (Lipinski definition) is 3. The predicted octanol–water partition coefficient (Wildman–Crippen LogP) is 2.60. The van der Waals surface area contributed by atoms with Crippen molar-refractivity contribution in [2.24, 2.45) is 5.92 Å². The highest BCUT2D eigenvalue weighted by Crippen LogP contribution is 2.47. The standard InChI is InChI=1S/C19H29N3O3/c1-13(2)20-19(24)22-10-8-21(9-11-22)18(23)7-5-15-4-6-17(25-15)16-12-14(16)3/h4,6,13-14,16H,5,7-12H2,1-3H3,(H,20,24)/t14-,16-/m1/s1. The molecule has 6 nitrogen and oxygen atoms in total. The summed E-state index contributed by atoms with van der Waals surface area (Å²) < 4.78 is 5.87. The molecule has 2 aliphatic rings. The molecule has 0 unspecified atom stereocenters. The lowest BCUT2D eigenvalue weighted by atomic mass is 10.2. The van der Waals surface area contributed by atoms with Crippen LogP contribution in [-0.2, 0) is 11.2 Å². The zero-order valence-corrected chi connectivity index (χ0v) is 15.5. The van der Waals surface area contributed by atoms with Crippen molar-refractivity contribution in [2.75, 3.05) is 26.2 Å². The lowest BCUT2D eigenvalue weighted by Crippen LogP contribution is -2.54. The average molecular weight is 347 g/mol. The minimum atomic E-state index is -0.0421. The number of aryl methyl sites for hydroxylation is 1. The maximum absolute atomic E-state index is 12.4. The summed E-state index contributed by atoms with van der Waals surface area (Å²) in [6, 6.07) is 4.14. The van der Waals surface area contributed by atoms with Crippen LogP contribution < -0.4 is 5.32 Å². The first kappa shape index (κ1) is 17.8. The molecule has 2 atom stereocenters. The molecule has 1 aliphatic heterocycles. The van der Waals surface area contributed by atoms with Crippen molar-refractivity contribution in [2.45, 2.75) is 52.0 Å². The van der Waals surface area contributed by atoms with E-state index in [9.17, 15) is 9.59 Å². The Morgan fingerprint density at radius 3 is 2.44 bits per heavy atom. The Bertz CT molecular complexity index is 617. The van der Waals surface area contributed by atoms with E-state index in [1.165, 1.54) is 6.42 Å². The van der Waals surface area contributed by atoms with Crippen molar-refractivity contribution in [1.29, 1.82) is 0 Å². The predicted molar refractivity (Wildman–Crippen MR) is 95.4 cm³/mol. The Morgan fingerprint density at radius 1 is 1.20 bits per heavy atom. The van der Waals surface area contributed by atoms with Crippen molar-refractivity contribution in [3.63, 3.8) is 0 Å². The van der Waals surface area contributed by atoms with Gasteiger partial charge in [-0.2, -0.15) is 0 Å². The van der Waals surface area contributed by atoms with Crippen LogP contribution in [0.5, 0.6) is 0 Å². The molecule has 1 aromatic heterocycles. The van der Waals surface area contributed by atoms with Crippen LogP contribution >= 0.6 is 0 Å². The molecule has 2 fully saturated rings. The average Bonchev–Trinajstić information content (AvgIpc) is 3.13. The van der Waals surface area contributed by atoms with Crippen molar-refractivity contribution < 1.29 is 14.0 Å². The third-order valence-electron chi connectivity index (χ3n) is 5.07. The summed E-state index contributed by atoms with van der Waals surface area (Å²) in [6.07, 6.45) is 2.32. The molecule has 2 heterocycles. The van der Waals surface area contributed by atoms with Crippen LogP contribution in [-0.4, -0.2) is 54.0 Å². The van der Waals surface area contributed by atoms with Crippen LogP contribution in [0, 0.1) is 5.92 Å². The van der Waals surface area contributed by atoms with Gasteiger partial charge in [-0.1, -0.05) is 6.92 Å². The number of rotatable bonds is 5. The van der Waals surface area contributed by atoms with E-state index in [1.54, 1.807) is 4.90 Å². The van der Waals surface area contributed by atoms with Crippen molar-refractivity contribution >= 4 is 11.9 Å². The van der Waals surface area contributed by atoms with Gasteiger partial charge in [0.05, 0.1) is 0 Å². The van der Waals surface area contributed by atoms with Gasteiger partial charge >= 0.3 is 6.03 Å². The third-order valence-corrected chi connectivity index (χ3v) is 5.07. The van der Waals surface area contributed by atoms with Crippen LogP contribution in [0.4, 0.5) is 4.79 Å². The van der Waals surface area contributed by atoms with Crippen LogP contribution in [0.25, 0.3) is 0 Å². The van der Waals surface area contributed by atoms with E-state index in [0.29, 0.717) is 44.9 Å². The smallest absolute Gasteiger partial charge is 0.317 e. The summed E-state index contributed by atoms with van der Waals surface area (Å²) in [5, 5.41) is 2.89. The van der Waals surface area contributed by atoms with Crippen LogP contribution in [0.2, 0.25) is 0 Å². The molecule has 1 N–H and O–H groups in total. The topological polar surface area (TPSA) is 65.8 Å². The van der Waals surface area contributed by atoms with E-state index in [1.807, 2.05) is 24.8 Å². The van der Waals surface area contributed by atoms with Gasteiger partial charge in [0.1, 0.15) is 11.5 Å². The number of hydrogen-bond donors (Lipinski definition) is 1. The summed E-state index contributed by atoms with van der Waals surface area (Å²) >= 11 is 0. The monoisotopic (exact) mass is 347 g/mol. The van der Waals surface area contributed by atoms with E-state index in [0.717, 1.165) is 17.4 Å². The summed E-state index contributed by atoms with van der Waals surface area (Å²) in [4.78, 5) is 28.0. The minimum Gasteiger partial charge on any atom is -0.466 e. The van der Waals surface area contributed by atoms with E-state index < -0.39 is 0 Å². The van der Waals surface area contributed by atoms with Gasteiger partial charge < -0.3 is 19.5 Å². The lowest BCUT2D eigenvalue weighted by Gasteiger charge is -2.35. The molecule has 1 aromatic rings. The molecule has 25 heavy (non-hydrogen) atoms. The fourth-order valence-electron chi connectivity index (χ4n) is 3.33. The molecule has 138 valence electrons. The molecule has 0 aromatic carbocycles. The second kappa shape index (κ2) is 7.50. The number of nitrogens with one attached hydrogen (secondary N) is 1. The number of urea groups is 1. The molecule has 6 heteroatoms. The number of furan rings is 1. The Kier molecular flexibility index (Phi) is 5.35. The van der Waals surface area contributed by atoms with Gasteiger partial charge in [0.25, 0.3) is 0 Å². The summed E-state index contributed by atoms with van der Waals surface area (Å²) in [7, 11) is 0. The van der Waals surface area contributed by atoms with E-state index in [2.05, 4.69) is 18.3 Å². The molecule has 1 saturated heterocycles. The normalized spacial score (nSPS) is 23.0. The molecular weight excluding hydrogens is 318 g/mol. The lowest BCUT2D eigenvalue weighted by molar-refractivity contribution is -0.132. The fraction of sp³-hybridized carbons (Fsp3) is 0.684. The quantitative estimate of drug-likeness (QED) is 0.890. The number of carbonyl (C=O) groups excluding carboxylic acids is 2. The van der Waals surface area contributed by atoms with Crippen LogP contribution in [0.1, 0.15) is 51.1 Å². The van der Waals surface area contributed by atoms with E-state index >= 15 is 0 Å². The molecule has 0 radical (unpaired) electrons. The van der Waals surface area contributed by atoms with E-state index in [-0.39, 0.29) is 18.0 Å². The number of carbonyl (C=O) groups is 2. The molecule has 0 spiro atoms. The summed E-state index contributed by atoms with van der Waals surface area (Å²) in [6.45, 7) is 8.52. The van der Waals surface area contributed by atoms with Gasteiger partial charge in [-0.3, -0.25) is 4.79 Å². The van der Waals surface area contributed by atoms with Gasteiger partial charge in [-0.05, 0) is 38.3 Å². The SMILES string of the molecule is CC(C)NC(=O)N1CCN(C(=O)CCc2ccc([C@@H]3C[C@H]3C)o2)CC1. The number of piperazine rings is 1. The van der Waals surface area contributed by atoms with Gasteiger partial charge in [0, 0.05) is 51.0 Å². The first-order chi connectivity index (χ1) is 11.9. The molecule has 1 aliphatic carbocycles. The van der Waals surface area contributed by atoms with Gasteiger partial charge in [0.15, 0.2) is 0 Å². The summed E-state index contributed by atoms with van der Waals surface area (Å²) in [5.74, 6) is 3.41. The Labute approximate surface area is 149 Å². The van der Waals surface area contributed by atoms with Crippen molar-refractivity contribution in [3.8, 4) is 0 Å². The number of amides is 3. The second-order valence-corrected chi connectivity index (χ2v) is 7.60. The van der Waals surface area contributed by atoms with Crippen molar-refractivity contribution in [3.05, 3.63) is 23.7 Å². The maximum Gasteiger partial charge on any atom is 0.317 e. The third kappa shape index (κ3) is 4.55. The van der Waals surface area contributed by atoms with E-state index in [4.69, 9.17) is 4.42 Å². The van der Waals surface area contributed by atoms with Gasteiger partial charge in [0.2, 0.25) is 5.91 Å². The minimum absolute atomic E-state index is 0.0421. The Hall–Kier alpha value is -1.98. The first-order valence-electron chi connectivity index (χ1n) is 9.36. The molecule has 3 rings (SSSR count). The fourth-order valence-corrected chi connectivity index (χ4v) is 3.33. The zero-order valence-electron chi connectivity index (χ0n) is 15.5. The largest absolute Gasteiger partial charge is 0.466 e. The highest BCUT2D eigenvalue weighted by atomic mass is 16.3. The van der Waals surface area contributed by atoms with Gasteiger partial charge in [-0.25, -0.2) is 4.79 Å². The maximum atomic E-state index is 12.4. The molecule has 0 bridgehead atoms. The highest BCUT2D eigenvalue weighted by molar-refractivity contribution is 5.78. The van der Waals surface area contributed by atoms with Crippen LogP contribution in [0.3, 0.4) is 0 Å². The van der Waals surface area contributed by atoms with Crippen molar-refractivity contribution in [1.82, 2.24) is 15.1 Å². The molecule has 1 saturated carbocycles. The van der Waals surface area contributed by atoms with Gasteiger partial charge in [-0.15, -0.1) is 0 Å². The molecular formula is C19H29N3O3. The second-order valence-electron chi connectivity index (χ2n) is 7.60. The van der Waals surface area contributed by atoms with Crippen LogP contribution in [0.15, 0.2) is 16.5 Å². The zero-order chi connectivity index (χ0) is 18.0. The first-order valence-corrected chi connectivity index (χ1v) is 9.36. The Balaban J connectivity index is 1.40. The summed E-state index contributed by atoms with van der Waals surface area (Å²) in [5.41, 5.74) is 0. The Morgan fingerprint density at radius 2 is 1.84 bits per heavy atom.